The topological polar surface area (TPSA) is 127 Å². The van der Waals surface area contributed by atoms with Crippen LogP contribution in [0.3, 0.4) is 0 Å². The number of thiophene rings is 1. The van der Waals surface area contributed by atoms with E-state index in [0.29, 0.717) is 34.7 Å². The molecule has 0 aromatic carbocycles. The minimum Gasteiger partial charge on any atom is -0.768 e. The van der Waals surface area contributed by atoms with Crippen LogP contribution in [0.4, 0.5) is 11.6 Å². The van der Waals surface area contributed by atoms with Crippen LogP contribution in [-0.2, 0) is 17.5 Å². The smallest absolute Gasteiger partial charge is 0.171 e. The van der Waals surface area contributed by atoms with Gasteiger partial charge in [-0.05, 0) is 36.1 Å². The highest BCUT2D eigenvalue weighted by atomic mass is 32.2. The van der Waals surface area contributed by atoms with Crippen LogP contribution in [0.25, 0.3) is 10.7 Å². The lowest BCUT2D eigenvalue weighted by molar-refractivity contribution is 0.299. The van der Waals surface area contributed by atoms with E-state index in [1.165, 1.54) is 18.9 Å². The summed E-state index contributed by atoms with van der Waals surface area (Å²) < 4.78 is 22.4. The lowest BCUT2D eigenvalue weighted by atomic mass is 10.2. The first kappa shape index (κ1) is 17.3. The second kappa shape index (κ2) is 7.23. The van der Waals surface area contributed by atoms with E-state index in [2.05, 4.69) is 25.5 Å². The van der Waals surface area contributed by atoms with Gasteiger partial charge < -0.3 is 15.0 Å². The monoisotopic (exact) mass is 390 g/mol. The van der Waals surface area contributed by atoms with Gasteiger partial charge in [-0.3, -0.25) is 9.31 Å². The first-order valence-electron chi connectivity index (χ1n) is 8.12. The summed E-state index contributed by atoms with van der Waals surface area (Å²) in [5.41, 5.74) is 1.86. The molecule has 1 fully saturated rings. The number of aromatic nitrogens is 4. The Morgan fingerprint density at radius 2 is 2.27 bits per heavy atom. The number of hydrogen-bond donors (Lipinski definition) is 3. The van der Waals surface area contributed by atoms with Gasteiger partial charge in [0.25, 0.3) is 0 Å². The molecular weight excluding hydrogens is 374 g/mol. The molecule has 3 N–H and O–H groups in total. The maximum atomic E-state index is 11.1. The molecule has 3 aromatic heterocycles. The molecule has 1 aliphatic rings. The van der Waals surface area contributed by atoms with Crippen molar-refractivity contribution in [3.63, 3.8) is 0 Å². The average Bonchev–Trinajstić information content (AvgIpc) is 3.17. The fourth-order valence-electron chi connectivity index (χ4n) is 2.59. The lowest BCUT2D eigenvalue weighted by Gasteiger charge is -2.09. The number of H-pyrrole nitrogens is 1. The van der Waals surface area contributed by atoms with Crippen LogP contribution in [0.1, 0.15) is 30.0 Å². The van der Waals surface area contributed by atoms with E-state index in [-0.39, 0.29) is 10.8 Å². The molecule has 3 heterocycles. The Morgan fingerprint density at radius 1 is 1.42 bits per heavy atom. The van der Waals surface area contributed by atoms with Gasteiger partial charge in [0.1, 0.15) is 5.82 Å². The van der Waals surface area contributed by atoms with Crippen LogP contribution in [0, 0.1) is 0 Å². The second-order valence-electron chi connectivity index (χ2n) is 6.00. The van der Waals surface area contributed by atoms with E-state index in [1.54, 1.807) is 12.3 Å². The first-order valence-corrected chi connectivity index (χ1v) is 10.0. The molecule has 26 heavy (non-hydrogen) atoms. The highest BCUT2D eigenvalue weighted by molar-refractivity contribution is 7.81. The van der Waals surface area contributed by atoms with E-state index in [9.17, 15) is 13.9 Å². The quantitative estimate of drug-likeness (QED) is 0.528. The fourth-order valence-corrected chi connectivity index (χ4v) is 3.99. The predicted molar refractivity (Wildman–Crippen MR) is 97.2 cm³/mol. The number of hydrogen-bond acceptors (Lipinski definition) is 8. The third kappa shape index (κ3) is 3.68. The molecule has 4 rings (SSSR count). The maximum Gasteiger partial charge on any atom is 0.171 e. The van der Waals surface area contributed by atoms with Gasteiger partial charge in [-0.1, -0.05) is 0 Å². The molecule has 1 saturated carbocycles. The molecule has 0 amide bonds. The predicted octanol–water partition coefficient (Wildman–Crippen LogP) is 2.32. The van der Waals surface area contributed by atoms with Crippen LogP contribution in [0.2, 0.25) is 0 Å². The number of rotatable bonds is 7. The Balaban J connectivity index is 1.64. The summed E-state index contributed by atoms with van der Waals surface area (Å²) >= 11 is -1.16. The summed E-state index contributed by atoms with van der Waals surface area (Å²) in [5, 5.41) is 19.7. The third-order valence-electron chi connectivity index (χ3n) is 4.07. The molecule has 8 nitrogen and oxygen atoms in total. The largest absolute Gasteiger partial charge is 0.768 e. The van der Waals surface area contributed by atoms with Crippen LogP contribution in [-0.4, -0.2) is 40.6 Å². The Bertz CT molecular complexity index is 951. The standard InChI is InChI=1S/C16H17N5O3S2/c22-6-5-10-8-17-16(12-3-4-14(25-12)26(23)24)19-15(10)18-13-7-11(20-21-13)9-1-2-9/h3-4,7-9,22H,1-2,5-6H2,(H,23,24)(H2,17,18,19,20,21)/p-1. The molecule has 1 aliphatic carbocycles. The van der Waals surface area contributed by atoms with Gasteiger partial charge in [0.2, 0.25) is 0 Å². The molecule has 1 atom stereocenters. The van der Waals surface area contributed by atoms with E-state index in [0.717, 1.165) is 22.6 Å². The summed E-state index contributed by atoms with van der Waals surface area (Å²) in [6, 6.07) is 5.17. The van der Waals surface area contributed by atoms with Crippen molar-refractivity contribution in [1.29, 1.82) is 0 Å². The van der Waals surface area contributed by atoms with E-state index >= 15 is 0 Å². The molecule has 3 aromatic rings. The summed E-state index contributed by atoms with van der Waals surface area (Å²) in [6.07, 6.45) is 4.40. The molecule has 0 radical (unpaired) electrons. The molecule has 1 unspecified atom stereocenters. The van der Waals surface area contributed by atoms with Crippen molar-refractivity contribution < 1.29 is 13.9 Å². The SMILES string of the molecule is O=S([O-])c1ccc(-c2ncc(CCO)c(Nc3cc(C4CC4)[nH]n3)n2)s1. The van der Waals surface area contributed by atoms with Crippen LogP contribution >= 0.6 is 11.3 Å². The Labute approximate surface area is 156 Å². The summed E-state index contributed by atoms with van der Waals surface area (Å²) in [6.45, 7) is -0.0242. The van der Waals surface area contributed by atoms with E-state index < -0.39 is 11.1 Å². The molecule has 0 saturated heterocycles. The van der Waals surface area contributed by atoms with Gasteiger partial charge in [-0.15, -0.1) is 11.3 Å². The van der Waals surface area contributed by atoms with Crippen molar-refractivity contribution in [2.75, 3.05) is 11.9 Å². The van der Waals surface area contributed by atoms with E-state index in [4.69, 9.17) is 0 Å². The average molecular weight is 390 g/mol. The van der Waals surface area contributed by atoms with Crippen LogP contribution < -0.4 is 5.32 Å². The van der Waals surface area contributed by atoms with Crippen LogP contribution in [0.5, 0.6) is 0 Å². The van der Waals surface area contributed by atoms with Crippen molar-refractivity contribution in [3.05, 3.63) is 35.7 Å². The molecule has 0 spiro atoms. The Morgan fingerprint density at radius 3 is 2.96 bits per heavy atom. The van der Waals surface area contributed by atoms with Gasteiger partial charge in [0.05, 0.1) is 9.09 Å². The maximum absolute atomic E-state index is 11.1. The Hall–Kier alpha value is -2.14. The molecule has 10 heteroatoms. The van der Waals surface area contributed by atoms with E-state index in [1.807, 2.05) is 6.07 Å². The van der Waals surface area contributed by atoms with Gasteiger partial charge >= 0.3 is 0 Å². The highest BCUT2D eigenvalue weighted by Crippen LogP contribution is 2.39. The number of nitrogens with one attached hydrogen (secondary N) is 2. The van der Waals surface area contributed by atoms with Gasteiger partial charge in [0, 0.05) is 42.5 Å². The molecule has 136 valence electrons. The number of aliphatic hydroxyl groups is 1. The normalized spacial score (nSPS) is 15.2. The zero-order valence-electron chi connectivity index (χ0n) is 13.6. The zero-order valence-corrected chi connectivity index (χ0v) is 15.3. The van der Waals surface area contributed by atoms with Crippen molar-refractivity contribution >= 4 is 34.1 Å². The minimum atomic E-state index is -2.27. The van der Waals surface area contributed by atoms with Gasteiger partial charge in [0.15, 0.2) is 11.6 Å². The summed E-state index contributed by atoms with van der Waals surface area (Å²) in [7, 11) is 0. The van der Waals surface area contributed by atoms with Crippen molar-refractivity contribution in [2.45, 2.75) is 29.4 Å². The number of aromatic amines is 1. The molecule has 0 bridgehead atoms. The van der Waals surface area contributed by atoms with Crippen molar-refractivity contribution in [2.24, 2.45) is 0 Å². The highest BCUT2D eigenvalue weighted by Gasteiger charge is 2.25. The van der Waals surface area contributed by atoms with Gasteiger partial charge in [-0.2, -0.15) is 5.10 Å². The first-order chi connectivity index (χ1) is 12.6. The molecule has 0 aliphatic heterocycles. The fraction of sp³-hybridized carbons (Fsp3) is 0.312. The van der Waals surface area contributed by atoms with Gasteiger partial charge in [-0.25, -0.2) is 9.97 Å². The summed E-state index contributed by atoms with van der Waals surface area (Å²) in [5.74, 6) is 2.20. The Kier molecular flexibility index (Phi) is 4.81. The molecular formula is C16H16N5O3S2-. The third-order valence-corrected chi connectivity index (χ3v) is 6.07. The second-order valence-corrected chi connectivity index (χ2v) is 8.25. The van der Waals surface area contributed by atoms with Crippen LogP contribution in [0.15, 0.2) is 28.6 Å². The van der Waals surface area contributed by atoms with Crippen molar-refractivity contribution in [1.82, 2.24) is 20.2 Å². The number of aliphatic hydroxyl groups excluding tert-OH is 1. The zero-order chi connectivity index (χ0) is 18.1. The number of anilines is 2. The van der Waals surface area contributed by atoms with Crippen molar-refractivity contribution in [3.8, 4) is 10.7 Å². The summed E-state index contributed by atoms with van der Waals surface area (Å²) in [4.78, 5) is 9.48. The number of nitrogens with zero attached hydrogens (tertiary/aromatic N) is 3. The minimum absolute atomic E-state index is 0.0242. The lowest BCUT2D eigenvalue weighted by Crippen LogP contribution is -2.04.